The summed E-state index contributed by atoms with van der Waals surface area (Å²) in [5, 5.41) is 6.78. The van der Waals surface area contributed by atoms with Crippen molar-refractivity contribution in [2.24, 2.45) is 0 Å². The molecule has 0 unspecified atom stereocenters. The van der Waals surface area contributed by atoms with Crippen molar-refractivity contribution >= 4 is 56.5 Å². The zero-order chi connectivity index (χ0) is 22.6. The van der Waals surface area contributed by atoms with E-state index in [1.54, 1.807) is 11.8 Å². The predicted molar refractivity (Wildman–Crippen MR) is 145 cm³/mol. The van der Waals surface area contributed by atoms with E-state index < -0.39 is 0 Å². The van der Waals surface area contributed by atoms with Gasteiger partial charge in [0.15, 0.2) is 0 Å². The average Bonchev–Trinajstić information content (AvgIpc) is 3.22. The van der Waals surface area contributed by atoms with Crippen LogP contribution in [0.2, 0.25) is 5.02 Å². The van der Waals surface area contributed by atoms with Crippen molar-refractivity contribution in [2.45, 2.75) is 9.79 Å². The second kappa shape index (κ2) is 7.69. The zero-order valence-electron chi connectivity index (χ0n) is 18.1. The molecule has 7 rings (SSSR count). The summed E-state index contributed by atoms with van der Waals surface area (Å²) >= 11 is 8.17. The second-order valence-electron chi connectivity index (χ2n) is 8.47. The van der Waals surface area contributed by atoms with Crippen molar-refractivity contribution in [1.29, 1.82) is 0 Å². The highest BCUT2D eigenvalue weighted by molar-refractivity contribution is 7.99. The van der Waals surface area contributed by atoms with Crippen LogP contribution in [0.3, 0.4) is 0 Å². The molecule has 1 aliphatic rings. The van der Waals surface area contributed by atoms with E-state index in [2.05, 4.69) is 107 Å². The lowest BCUT2D eigenvalue weighted by Gasteiger charge is -2.22. The van der Waals surface area contributed by atoms with Gasteiger partial charge in [0.2, 0.25) is 0 Å². The summed E-state index contributed by atoms with van der Waals surface area (Å²) in [6, 6.07) is 38.7. The number of para-hydroxylation sites is 3. The first-order chi connectivity index (χ1) is 16.8. The number of halogens is 1. The Morgan fingerprint density at radius 2 is 1.38 bits per heavy atom. The van der Waals surface area contributed by atoms with E-state index in [1.165, 1.54) is 43.5 Å². The molecule has 2 heterocycles. The maximum atomic E-state index is 6.41. The SMILES string of the molecule is Clc1cccc2c1Nc1ccc(-c3ccc4c(c3)c3ccccc3n4-c3ccccc3)cc1S2. The minimum atomic E-state index is 0.750. The molecule has 0 fully saturated rings. The molecule has 1 N–H and O–H groups in total. The molecule has 0 atom stereocenters. The van der Waals surface area contributed by atoms with Crippen LogP contribution >= 0.6 is 23.4 Å². The Bertz CT molecular complexity index is 1720. The van der Waals surface area contributed by atoms with Gasteiger partial charge in [-0.05, 0) is 65.7 Å². The number of anilines is 2. The minimum Gasteiger partial charge on any atom is -0.352 e. The number of aromatic nitrogens is 1. The van der Waals surface area contributed by atoms with Crippen molar-refractivity contribution < 1.29 is 0 Å². The van der Waals surface area contributed by atoms with E-state index in [4.69, 9.17) is 11.6 Å². The Morgan fingerprint density at radius 1 is 0.618 bits per heavy atom. The number of nitrogens with one attached hydrogen (secondary N) is 1. The van der Waals surface area contributed by atoms with Gasteiger partial charge in [-0.2, -0.15) is 0 Å². The number of benzene rings is 5. The van der Waals surface area contributed by atoms with E-state index in [0.29, 0.717) is 0 Å². The van der Waals surface area contributed by atoms with Crippen molar-refractivity contribution in [3.8, 4) is 16.8 Å². The predicted octanol–water partition coefficient (Wildman–Crippen LogP) is 9.31. The molecule has 34 heavy (non-hydrogen) atoms. The van der Waals surface area contributed by atoms with Crippen molar-refractivity contribution in [1.82, 2.24) is 4.57 Å². The van der Waals surface area contributed by atoms with Gasteiger partial charge >= 0.3 is 0 Å². The third-order valence-corrected chi connectivity index (χ3v) is 7.89. The molecule has 0 saturated heterocycles. The number of nitrogens with zero attached hydrogens (tertiary/aromatic N) is 1. The van der Waals surface area contributed by atoms with Crippen LogP contribution in [-0.4, -0.2) is 4.57 Å². The summed E-state index contributed by atoms with van der Waals surface area (Å²) in [6.45, 7) is 0. The first kappa shape index (κ1) is 19.8. The van der Waals surface area contributed by atoms with Gasteiger partial charge in [-0.1, -0.05) is 78.0 Å². The molecule has 0 aliphatic carbocycles. The highest BCUT2D eigenvalue weighted by Crippen LogP contribution is 2.48. The number of hydrogen-bond donors (Lipinski definition) is 1. The third kappa shape index (κ3) is 3.05. The number of fused-ring (bicyclic) bond motifs is 5. The van der Waals surface area contributed by atoms with E-state index in [-0.39, 0.29) is 0 Å². The molecule has 1 aromatic heterocycles. The van der Waals surface area contributed by atoms with Crippen LogP contribution in [-0.2, 0) is 0 Å². The zero-order valence-corrected chi connectivity index (χ0v) is 19.7. The van der Waals surface area contributed by atoms with E-state index in [9.17, 15) is 0 Å². The van der Waals surface area contributed by atoms with Crippen LogP contribution in [0.15, 0.2) is 119 Å². The lowest BCUT2D eigenvalue weighted by atomic mass is 10.0. The topological polar surface area (TPSA) is 17.0 Å². The summed E-state index contributed by atoms with van der Waals surface area (Å²) in [5.41, 5.74) is 8.12. The lowest BCUT2D eigenvalue weighted by molar-refractivity contribution is 1.18. The van der Waals surface area contributed by atoms with Crippen LogP contribution in [0.25, 0.3) is 38.6 Å². The highest BCUT2D eigenvalue weighted by Gasteiger charge is 2.19. The fourth-order valence-electron chi connectivity index (χ4n) is 4.86. The van der Waals surface area contributed by atoms with E-state index >= 15 is 0 Å². The Hall–Kier alpha value is -3.66. The molecule has 1 aliphatic heterocycles. The Morgan fingerprint density at radius 3 is 2.29 bits per heavy atom. The van der Waals surface area contributed by atoms with E-state index in [1.807, 2.05) is 12.1 Å². The van der Waals surface area contributed by atoms with Gasteiger partial charge in [-0.3, -0.25) is 0 Å². The van der Waals surface area contributed by atoms with Crippen molar-refractivity contribution in [2.75, 3.05) is 5.32 Å². The molecule has 0 saturated carbocycles. The highest BCUT2D eigenvalue weighted by atomic mass is 35.5. The van der Waals surface area contributed by atoms with Crippen LogP contribution < -0.4 is 5.32 Å². The molecule has 0 bridgehead atoms. The molecule has 0 radical (unpaired) electrons. The quantitative estimate of drug-likeness (QED) is 0.269. The Kier molecular flexibility index (Phi) is 4.48. The first-order valence-corrected chi connectivity index (χ1v) is 12.4. The number of rotatable bonds is 2. The van der Waals surface area contributed by atoms with Gasteiger partial charge in [-0.25, -0.2) is 0 Å². The third-order valence-electron chi connectivity index (χ3n) is 6.46. The normalized spacial score (nSPS) is 12.4. The first-order valence-electron chi connectivity index (χ1n) is 11.2. The molecule has 4 heteroatoms. The average molecular weight is 475 g/mol. The molecular formula is C30H19ClN2S. The van der Waals surface area contributed by atoms with Crippen molar-refractivity contribution in [3.63, 3.8) is 0 Å². The van der Waals surface area contributed by atoms with Gasteiger partial charge in [0.05, 0.1) is 27.4 Å². The maximum absolute atomic E-state index is 6.41. The molecule has 0 spiro atoms. The molecule has 162 valence electrons. The van der Waals surface area contributed by atoms with Gasteiger partial charge in [0.1, 0.15) is 0 Å². The van der Waals surface area contributed by atoms with Crippen molar-refractivity contribution in [3.05, 3.63) is 114 Å². The molecule has 2 nitrogen and oxygen atoms in total. The summed E-state index contributed by atoms with van der Waals surface area (Å²) < 4.78 is 2.35. The van der Waals surface area contributed by atoms with Gasteiger partial charge in [0, 0.05) is 26.3 Å². The van der Waals surface area contributed by atoms with Gasteiger partial charge in [-0.15, -0.1) is 0 Å². The monoisotopic (exact) mass is 474 g/mol. The van der Waals surface area contributed by atoms with Crippen LogP contribution in [0, 0.1) is 0 Å². The lowest BCUT2D eigenvalue weighted by Crippen LogP contribution is -2.00. The van der Waals surface area contributed by atoms with Gasteiger partial charge < -0.3 is 9.88 Å². The Balaban J connectivity index is 1.37. The van der Waals surface area contributed by atoms with E-state index in [0.717, 1.165) is 21.3 Å². The molecule has 6 aromatic rings. The van der Waals surface area contributed by atoms with Crippen LogP contribution in [0.4, 0.5) is 11.4 Å². The smallest absolute Gasteiger partial charge is 0.0715 e. The molecular weight excluding hydrogens is 456 g/mol. The maximum Gasteiger partial charge on any atom is 0.0715 e. The largest absolute Gasteiger partial charge is 0.352 e. The summed E-state index contributed by atoms with van der Waals surface area (Å²) in [4.78, 5) is 2.36. The Labute approximate surface area is 206 Å². The minimum absolute atomic E-state index is 0.750. The van der Waals surface area contributed by atoms with Crippen LogP contribution in [0.1, 0.15) is 0 Å². The van der Waals surface area contributed by atoms with Gasteiger partial charge in [0.25, 0.3) is 0 Å². The standard InChI is InChI=1S/C30H19ClN2S/c31-24-10-6-12-28-30(24)32-25-15-13-20(18-29(25)34-28)19-14-16-27-23(17-19)22-9-4-5-11-26(22)33(27)21-7-2-1-3-8-21/h1-18,32H. The molecule has 0 amide bonds. The fourth-order valence-corrected chi connectivity index (χ4v) is 6.20. The molecule has 5 aromatic carbocycles. The summed E-state index contributed by atoms with van der Waals surface area (Å²) in [7, 11) is 0. The summed E-state index contributed by atoms with van der Waals surface area (Å²) in [5.74, 6) is 0. The fraction of sp³-hybridized carbons (Fsp3) is 0. The summed E-state index contributed by atoms with van der Waals surface area (Å²) in [6.07, 6.45) is 0. The van der Waals surface area contributed by atoms with Crippen LogP contribution in [0.5, 0.6) is 0 Å². The number of hydrogen-bond acceptors (Lipinski definition) is 2. The second-order valence-corrected chi connectivity index (χ2v) is 9.96.